The number of amides is 1. The largest absolute Gasteiger partial charge is 0.352 e. The molecule has 0 radical (unpaired) electrons. The first-order valence-corrected chi connectivity index (χ1v) is 11.5. The Labute approximate surface area is 182 Å². The van der Waals surface area contributed by atoms with Crippen LogP contribution in [0.3, 0.4) is 0 Å². The fraction of sp³-hybridized carbons (Fsp3) is 0.375. The van der Waals surface area contributed by atoms with E-state index < -0.39 is 0 Å². The van der Waals surface area contributed by atoms with Crippen molar-refractivity contribution >= 4 is 22.6 Å². The van der Waals surface area contributed by atoms with Gasteiger partial charge >= 0.3 is 0 Å². The van der Waals surface area contributed by atoms with Crippen molar-refractivity contribution in [2.45, 2.75) is 51.1 Å². The second-order valence-corrected chi connectivity index (χ2v) is 8.63. The van der Waals surface area contributed by atoms with E-state index in [-0.39, 0.29) is 5.91 Å². The van der Waals surface area contributed by atoms with Gasteiger partial charge in [-0.25, -0.2) is 4.98 Å². The van der Waals surface area contributed by atoms with Crippen molar-refractivity contribution in [2.24, 2.45) is 0 Å². The molecule has 1 aliphatic carbocycles. The molecule has 30 heavy (non-hydrogen) atoms. The van der Waals surface area contributed by atoms with E-state index in [1.165, 1.54) is 36.4 Å². The minimum Gasteiger partial charge on any atom is -0.352 e. The lowest BCUT2D eigenvalue weighted by Crippen LogP contribution is -2.42. The zero-order chi connectivity index (χ0) is 20.6. The maximum atomic E-state index is 12.8. The highest BCUT2D eigenvalue weighted by atomic mass is 32.1. The molecule has 156 valence electrons. The Kier molecular flexibility index (Phi) is 7.08. The molecule has 0 unspecified atom stereocenters. The van der Waals surface area contributed by atoms with Crippen molar-refractivity contribution in [1.82, 2.24) is 14.7 Å². The van der Waals surface area contributed by atoms with Gasteiger partial charge in [-0.15, -0.1) is 0 Å². The molecule has 1 aromatic heterocycles. The Bertz CT molecular complexity index is 923. The van der Waals surface area contributed by atoms with Gasteiger partial charge in [-0.2, -0.15) is 4.37 Å². The number of carbonyl (C=O) groups is 1. The van der Waals surface area contributed by atoms with E-state index in [1.807, 2.05) is 41.3 Å². The number of nitrogens with one attached hydrogen (secondary N) is 1. The molecule has 0 saturated heterocycles. The van der Waals surface area contributed by atoms with Crippen molar-refractivity contribution in [1.29, 1.82) is 0 Å². The second kappa shape index (κ2) is 10.3. The summed E-state index contributed by atoms with van der Waals surface area (Å²) in [6, 6.07) is 20.8. The summed E-state index contributed by atoms with van der Waals surface area (Å²) >= 11 is 1.37. The second-order valence-electron chi connectivity index (χ2n) is 7.90. The van der Waals surface area contributed by atoms with E-state index >= 15 is 0 Å². The molecule has 1 aliphatic rings. The van der Waals surface area contributed by atoms with Gasteiger partial charge in [-0.05, 0) is 24.0 Å². The number of benzene rings is 2. The molecule has 3 aromatic rings. The van der Waals surface area contributed by atoms with Gasteiger partial charge in [0.15, 0.2) is 0 Å². The van der Waals surface area contributed by atoms with Crippen LogP contribution >= 0.6 is 11.5 Å². The van der Waals surface area contributed by atoms with Gasteiger partial charge in [-0.3, -0.25) is 4.79 Å². The highest BCUT2D eigenvalue weighted by molar-refractivity contribution is 7.09. The third-order valence-electron chi connectivity index (χ3n) is 5.45. The lowest BCUT2D eigenvalue weighted by Gasteiger charge is -2.25. The maximum Gasteiger partial charge on any atom is 0.239 e. The normalized spacial score (nSPS) is 14.4. The molecule has 0 bridgehead atoms. The third kappa shape index (κ3) is 5.89. The van der Waals surface area contributed by atoms with Crippen molar-refractivity contribution in [2.75, 3.05) is 11.4 Å². The fourth-order valence-electron chi connectivity index (χ4n) is 3.91. The zero-order valence-electron chi connectivity index (χ0n) is 17.2. The van der Waals surface area contributed by atoms with Crippen molar-refractivity contribution < 1.29 is 4.79 Å². The monoisotopic (exact) mass is 420 g/mol. The zero-order valence-corrected chi connectivity index (χ0v) is 18.0. The summed E-state index contributed by atoms with van der Waals surface area (Å²) in [5, 5.41) is 4.02. The molecule has 1 saturated carbocycles. The van der Waals surface area contributed by atoms with E-state index in [9.17, 15) is 4.79 Å². The van der Waals surface area contributed by atoms with Gasteiger partial charge in [0, 0.05) is 30.5 Å². The molecule has 0 aliphatic heterocycles. The van der Waals surface area contributed by atoms with Gasteiger partial charge in [0.2, 0.25) is 11.0 Å². The average Bonchev–Trinajstić information content (AvgIpc) is 3.24. The highest BCUT2D eigenvalue weighted by Gasteiger charge is 2.20. The summed E-state index contributed by atoms with van der Waals surface area (Å²) in [7, 11) is 0. The van der Waals surface area contributed by atoms with Gasteiger partial charge in [0.1, 0.15) is 5.82 Å². The maximum absolute atomic E-state index is 12.8. The third-order valence-corrected chi connectivity index (χ3v) is 6.27. The summed E-state index contributed by atoms with van der Waals surface area (Å²) in [5.74, 6) is 0.865. The number of aromatic nitrogens is 2. The van der Waals surface area contributed by atoms with Crippen LogP contribution in [0.15, 0.2) is 60.7 Å². The standard InChI is InChI=1S/C24H28N4OS/c29-23(25-21-14-8-3-9-15-21)18-28(17-20-12-6-2-7-13-20)24-26-22(27-30-24)16-19-10-4-1-5-11-19/h1-2,4-7,10-13,21H,3,8-9,14-18H2,(H,25,29). The Hall–Kier alpha value is -2.73. The Morgan fingerprint density at radius 1 is 0.967 bits per heavy atom. The first-order valence-electron chi connectivity index (χ1n) is 10.7. The summed E-state index contributed by atoms with van der Waals surface area (Å²) < 4.78 is 4.55. The van der Waals surface area contributed by atoms with Crippen molar-refractivity contribution in [3.63, 3.8) is 0 Å². The number of nitrogens with zero attached hydrogens (tertiary/aromatic N) is 3. The van der Waals surface area contributed by atoms with Crippen LogP contribution in [0.5, 0.6) is 0 Å². The predicted molar refractivity (Wildman–Crippen MR) is 122 cm³/mol. The summed E-state index contributed by atoms with van der Waals surface area (Å²) in [5.41, 5.74) is 2.34. The topological polar surface area (TPSA) is 58.1 Å². The van der Waals surface area contributed by atoms with Crippen molar-refractivity contribution in [3.05, 3.63) is 77.6 Å². The number of anilines is 1. The molecule has 6 heteroatoms. The Morgan fingerprint density at radius 3 is 2.33 bits per heavy atom. The first-order chi connectivity index (χ1) is 14.8. The molecular weight excluding hydrogens is 392 g/mol. The number of hydrogen-bond donors (Lipinski definition) is 1. The average molecular weight is 421 g/mol. The minimum atomic E-state index is 0.0673. The Balaban J connectivity index is 1.46. The van der Waals surface area contributed by atoms with E-state index in [2.05, 4.69) is 34.0 Å². The summed E-state index contributed by atoms with van der Waals surface area (Å²) in [4.78, 5) is 19.6. The lowest BCUT2D eigenvalue weighted by molar-refractivity contribution is -0.120. The highest BCUT2D eigenvalue weighted by Crippen LogP contribution is 2.22. The van der Waals surface area contributed by atoms with Gasteiger partial charge in [-0.1, -0.05) is 79.9 Å². The number of carbonyl (C=O) groups excluding carboxylic acids is 1. The molecule has 0 atom stereocenters. The van der Waals surface area contributed by atoms with Gasteiger partial charge in [0.25, 0.3) is 0 Å². The van der Waals surface area contributed by atoms with Crippen LogP contribution in [0.1, 0.15) is 49.1 Å². The summed E-state index contributed by atoms with van der Waals surface area (Å²) in [6.07, 6.45) is 6.57. The fourth-order valence-corrected chi connectivity index (χ4v) is 4.60. The molecule has 1 fully saturated rings. The van der Waals surface area contributed by atoms with E-state index in [0.29, 0.717) is 25.6 Å². The molecular formula is C24H28N4OS. The van der Waals surface area contributed by atoms with Gasteiger partial charge in [0.05, 0.1) is 6.54 Å². The molecule has 1 heterocycles. The SMILES string of the molecule is O=C(CN(Cc1ccccc1)c1nc(Cc2ccccc2)ns1)NC1CCCCC1. The molecule has 1 amide bonds. The molecule has 5 nitrogen and oxygen atoms in total. The number of hydrogen-bond acceptors (Lipinski definition) is 5. The predicted octanol–water partition coefficient (Wildman–Crippen LogP) is 4.58. The minimum absolute atomic E-state index is 0.0673. The van der Waals surface area contributed by atoms with Crippen LogP contribution in [0.25, 0.3) is 0 Å². The van der Waals surface area contributed by atoms with Crippen LogP contribution in [-0.4, -0.2) is 27.9 Å². The van der Waals surface area contributed by atoms with Gasteiger partial charge < -0.3 is 10.2 Å². The first kappa shape index (κ1) is 20.5. The smallest absolute Gasteiger partial charge is 0.239 e. The number of rotatable bonds is 8. The van der Waals surface area contributed by atoms with Crippen LogP contribution in [0.2, 0.25) is 0 Å². The van der Waals surface area contributed by atoms with Crippen LogP contribution < -0.4 is 10.2 Å². The van der Waals surface area contributed by atoms with Crippen LogP contribution in [0, 0.1) is 0 Å². The van der Waals surface area contributed by atoms with E-state index in [4.69, 9.17) is 4.98 Å². The quantitative estimate of drug-likeness (QED) is 0.579. The summed E-state index contributed by atoms with van der Waals surface area (Å²) in [6.45, 7) is 0.935. The van der Waals surface area contributed by atoms with Crippen molar-refractivity contribution in [3.8, 4) is 0 Å². The molecule has 0 spiro atoms. The van der Waals surface area contributed by atoms with E-state index in [0.717, 1.165) is 29.4 Å². The van der Waals surface area contributed by atoms with Crippen LogP contribution in [0.4, 0.5) is 5.13 Å². The van der Waals surface area contributed by atoms with E-state index in [1.54, 1.807) is 0 Å². The molecule has 4 rings (SSSR count). The Morgan fingerprint density at radius 2 is 1.63 bits per heavy atom. The lowest BCUT2D eigenvalue weighted by atomic mass is 9.95. The van der Waals surface area contributed by atoms with Crippen LogP contribution in [-0.2, 0) is 17.8 Å². The molecule has 2 aromatic carbocycles. The molecule has 1 N–H and O–H groups in total.